The van der Waals surface area contributed by atoms with E-state index in [1.807, 2.05) is 47.4 Å². The minimum absolute atomic E-state index is 0. The van der Waals surface area contributed by atoms with Crippen LogP contribution in [0, 0.1) is 0 Å². The van der Waals surface area contributed by atoms with E-state index in [1.54, 1.807) is 0 Å². The lowest BCUT2D eigenvalue weighted by molar-refractivity contribution is 0.837. The fourth-order valence-electron chi connectivity index (χ4n) is 6.57. The average molecular weight is 1020 g/mol. The highest BCUT2D eigenvalue weighted by molar-refractivity contribution is 9.11. The second-order valence-electron chi connectivity index (χ2n) is 13.5. The fourth-order valence-corrected chi connectivity index (χ4v) is 10.1. The summed E-state index contributed by atoms with van der Waals surface area (Å²) in [5, 5.41) is 0. The Balaban J connectivity index is 0.000000153. The summed E-state index contributed by atoms with van der Waals surface area (Å²) < 4.78 is 3.12. The molecule has 6 heterocycles. The molecule has 9 rings (SSSR count). The van der Waals surface area contributed by atoms with E-state index in [0.29, 0.717) is 0 Å². The van der Waals surface area contributed by atoms with Crippen LogP contribution in [0.25, 0.3) is 33.6 Å². The number of hydrogen-bond donors (Lipinski definition) is 0. The number of nitrogens with zero attached hydrogens (tertiary/aromatic N) is 6. The molecule has 0 amide bonds. The van der Waals surface area contributed by atoms with Crippen LogP contribution in [0.5, 0.6) is 0 Å². The predicted molar refractivity (Wildman–Crippen MR) is 267 cm³/mol. The molecule has 3 aliphatic heterocycles. The molecule has 3 aromatic carbocycles. The number of aromatic nitrogens is 3. The third kappa shape index (κ3) is 13.0. The number of rotatable bonds is 6. The van der Waals surface area contributed by atoms with E-state index >= 15 is 0 Å². The van der Waals surface area contributed by atoms with Crippen LogP contribution >= 0.6 is 83.1 Å². The number of hydrogen-bond acceptors (Lipinski definition) is 9. The van der Waals surface area contributed by atoms with Crippen molar-refractivity contribution in [2.24, 2.45) is 0 Å². The molecule has 0 N–H and O–H groups in total. The lowest BCUT2D eigenvalue weighted by Gasteiger charge is -2.27. The zero-order valence-corrected chi connectivity index (χ0v) is 38.9. The van der Waals surface area contributed by atoms with Crippen molar-refractivity contribution in [1.29, 1.82) is 0 Å². The third-order valence-corrected chi connectivity index (χ3v) is 14.0. The molecule has 0 saturated carbocycles. The molecule has 0 radical (unpaired) electrons. The monoisotopic (exact) mass is 1020 g/mol. The van der Waals surface area contributed by atoms with Gasteiger partial charge in [0.2, 0.25) is 0 Å². The number of halogens is 3. The van der Waals surface area contributed by atoms with Gasteiger partial charge in [0.25, 0.3) is 0 Å². The molecular weight excluding hydrogens is 972 g/mol. The summed E-state index contributed by atoms with van der Waals surface area (Å²) in [6.07, 6.45) is 0. The van der Waals surface area contributed by atoms with Crippen LogP contribution < -0.4 is 14.7 Å². The molecule has 58 heavy (non-hydrogen) atoms. The van der Waals surface area contributed by atoms with Crippen molar-refractivity contribution in [1.82, 2.24) is 15.0 Å². The molecule has 0 spiro atoms. The van der Waals surface area contributed by atoms with Crippen molar-refractivity contribution >= 4 is 101 Å². The van der Waals surface area contributed by atoms with Crippen LogP contribution in [0.2, 0.25) is 0 Å². The third-order valence-electron chi connectivity index (χ3n) is 9.67. The number of benzene rings is 3. The van der Waals surface area contributed by atoms with Gasteiger partial charge in [0, 0.05) is 93.9 Å². The smallest absolute Gasteiger partial charge is 0.129 e. The zero-order valence-electron chi connectivity index (χ0n) is 31.7. The zero-order chi connectivity index (χ0) is 39.2. The maximum atomic E-state index is 4.89. The Hall–Kier alpha value is -3.00. The van der Waals surface area contributed by atoms with E-state index in [1.165, 1.54) is 45.6 Å². The van der Waals surface area contributed by atoms with Gasteiger partial charge in [0.1, 0.15) is 22.1 Å². The summed E-state index contributed by atoms with van der Waals surface area (Å²) in [4.78, 5) is 21.2. The van der Waals surface area contributed by atoms with E-state index in [0.717, 1.165) is 92.8 Å². The van der Waals surface area contributed by atoms with E-state index in [4.69, 9.17) is 9.97 Å². The molecule has 6 nitrogen and oxygen atoms in total. The minimum atomic E-state index is 0. The van der Waals surface area contributed by atoms with Gasteiger partial charge in [-0.2, -0.15) is 35.3 Å². The Bertz CT molecular complexity index is 2140. The second kappa shape index (κ2) is 23.1. The van der Waals surface area contributed by atoms with Crippen molar-refractivity contribution in [2.75, 3.05) is 88.5 Å². The van der Waals surface area contributed by atoms with Gasteiger partial charge in [-0.3, -0.25) is 0 Å². The Morgan fingerprint density at radius 3 is 1.05 bits per heavy atom. The van der Waals surface area contributed by atoms with Crippen LogP contribution in [0.1, 0.15) is 7.43 Å². The van der Waals surface area contributed by atoms with Gasteiger partial charge < -0.3 is 14.7 Å². The first-order valence-corrected chi connectivity index (χ1v) is 25.0. The lowest BCUT2D eigenvalue weighted by atomic mass is 10.0. The summed E-state index contributed by atoms with van der Waals surface area (Å²) in [6, 6.07) is 44.1. The fraction of sp³-hybridized carbons (Fsp3) is 0.283. The summed E-state index contributed by atoms with van der Waals surface area (Å²) in [5.74, 6) is 10.5. The van der Waals surface area contributed by atoms with Crippen LogP contribution in [0.15, 0.2) is 141 Å². The van der Waals surface area contributed by atoms with Gasteiger partial charge in [-0.25, -0.2) is 15.0 Å². The summed E-state index contributed by atoms with van der Waals surface area (Å²) in [7, 11) is 0. The number of anilines is 3. The van der Waals surface area contributed by atoms with Gasteiger partial charge in [0.05, 0.1) is 11.4 Å². The molecule has 0 atom stereocenters. The van der Waals surface area contributed by atoms with Gasteiger partial charge in [-0.15, -0.1) is 0 Å². The summed E-state index contributed by atoms with van der Waals surface area (Å²) in [5.41, 5.74) is 6.86. The molecule has 302 valence electrons. The van der Waals surface area contributed by atoms with E-state index in [2.05, 4.69) is 183 Å². The summed E-state index contributed by atoms with van der Waals surface area (Å²) >= 11 is 16.4. The highest BCUT2D eigenvalue weighted by Crippen LogP contribution is 2.28. The van der Waals surface area contributed by atoms with Crippen LogP contribution in [-0.4, -0.2) is 88.7 Å². The predicted octanol–water partition coefficient (Wildman–Crippen LogP) is 12.8. The molecule has 3 saturated heterocycles. The van der Waals surface area contributed by atoms with Gasteiger partial charge >= 0.3 is 0 Å². The molecule has 0 unspecified atom stereocenters. The molecule has 12 heteroatoms. The Labute approximate surface area is 382 Å². The first-order chi connectivity index (χ1) is 28.0. The Morgan fingerprint density at radius 1 is 0.362 bits per heavy atom. The largest absolute Gasteiger partial charge is 0.355 e. The van der Waals surface area contributed by atoms with Crippen molar-refractivity contribution in [3.8, 4) is 33.6 Å². The Morgan fingerprint density at radius 2 is 0.672 bits per heavy atom. The van der Waals surface area contributed by atoms with Crippen molar-refractivity contribution < 1.29 is 0 Å². The van der Waals surface area contributed by atoms with Gasteiger partial charge in [0.15, 0.2) is 0 Å². The molecule has 3 fully saturated rings. The van der Waals surface area contributed by atoms with Crippen LogP contribution in [-0.2, 0) is 0 Å². The average Bonchev–Trinajstić information content (AvgIpc) is 3.28. The minimum Gasteiger partial charge on any atom is -0.355 e. The number of pyridine rings is 3. The van der Waals surface area contributed by atoms with E-state index < -0.39 is 0 Å². The molecular formula is C46H49Br3N6S3. The summed E-state index contributed by atoms with van der Waals surface area (Å²) in [6.45, 7) is 6.61. The second-order valence-corrected chi connectivity index (χ2v) is 19.8. The van der Waals surface area contributed by atoms with Gasteiger partial charge in [-0.1, -0.05) is 106 Å². The van der Waals surface area contributed by atoms with Crippen LogP contribution in [0.3, 0.4) is 0 Å². The molecule has 3 aliphatic rings. The van der Waals surface area contributed by atoms with Crippen molar-refractivity contribution in [3.05, 3.63) is 141 Å². The first kappa shape index (κ1) is 44.5. The van der Waals surface area contributed by atoms with E-state index in [-0.39, 0.29) is 7.43 Å². The SMILES string of the molecule is Brc1ccc(-c2ccc(-c3cccc(N4CCSCC4)n3)cc2)cc1.Brc1ccc(-c2cccc(N3CCSCC3)n2)cc1.Brc1cccc(N2CCSCC2)n1.C. The highest BCUT2D eigenvalue weighted by Gasteiger charge is 2.15. The standard InChI is InChI=1S/C21H19BrN2S.C15H15BrN2S.C9H11BrN2S.CH4/c22-19-10-8-17(9-11-19)16-4-6-18(7-5-16)20-2-1-3-21(23-20)24-12-14-25-15-13-24;16-13-6-4-12(5-7-13)14-2-1-3-15(17-14)18-8-10-19-11-9-18;10-8-2-1-3-9(11-8)12-4-6-13-7-5-12;/h1-11H,12-15H2;1-7H,8-11H2;1-3H,4-7H2;1H4. The van der Waals surface area contributed by atoms with Crippen molar-refractivity contribution in [2.45, 2.75) is 7.43 Å². The number of thioether (sulfide) groups is 3. The molecule has 6 aromatic rings. The molecule has 0 bridgehead atoms. The normalized spacial score (nSPS) is 15.3. The molecule has 0 aliphatic carbocycles. The first-order valence-electron chi connectivity index (χ1n) is 19.2. The van der Waals surface area contributed by atoms with Crippen LogP contribution in [0.4, 0.5) is 17.5 Å². The van der Waals surface area contributed by atoms with Gasteiger partial charge in [-0.05, 0) is 87.7 Å². The van der Waals surface area contributed by atoms with E-state index in [9.17, 15) is 0 Å². The maximum Gasteiger partial charge on any atom is 0.129 e. The Kier molecular flexibility index (Phi) is 17.8. The lowest BCUT2D eigenvalue weighted by Crippen LogP contribution is -2.33. The van der Waals surface area contributed by atoms with Crippen molar-refractivity contribution in [3.63, 3.8) is 0 Å². The quantitative estimate of drug-likeness (QED) is 0.152. The molecule has 3 aromatic heterocycles. The topological polar surface area (TPSA) is 48.4 Å². The maximum absolute atomic E-state index is 4.89. The highest BCUT2D eigenvalue weighted by atomic mass is 79.9.